The van der Waals surface area contributed by atoms with E-state index in [0.29, 0.717) is 17.3 Å². The number of rotatable bonds is 3. The molecule has 1 fully saturated rings. The number of carbonyl (C=O) groups is 2. The number of nitrogens with zero attached hydrogens (tertiary/aromatic N) is 1. The molecule has 2 unspecified atom stereocenters. The average molecular weight is 405 g/mol. The van der Waals surface area contributed by atoms with E-state index in [1.54, 1.807) is 47.0 Å². The van der Waals surface area contributed by atoms with Gasteiger partial charge in [-0.05, 0) is 48.4 Å². The van der Waals surface area contributed by atoms with Crippen LogP contribution in [0.3, 0.4) is 0 Å². The SMILES string of the molecule is O=C(NC1CCSc2ccc(F)cc21)C1CC(=O)N(c2cccc(Cl)c2)C1. The Morgan fingerprint density at radius 1 is 1.26 bits per heavy atom. The summed E-state index contributed by atoms with van der Waals surface area (Å²) >= 11 is 7.68. The first-order valence-corrected chi connectivity index (χ1v) is 10.2. The molecule has 140 valence electrons. The summed E-state index contributed by atoms with van der Waals surface area (Å²) < 4.78 is 13.6. The molecule has 2 aliphatic heterocycles. The van der Waals surface area contributed by atoms with Crippen molar-refractivity contribution in [2.75, 3.05) is 17.2 Å². The van der Waals surface area contributed by atoms with Crippen LogP contribution in [-0.2, 0) is 9.59 Å². The maximum Gasteiger partial charge on any atom is 0.227 e. The Kier molecular flexibility index (Phi) is 5.10. The fourth-order valence-corrected chi connectivity index (χ4v) is 4.87. The van der Waals surface area contributed by atoms with Gasteiger partial charge in [0.2, 0.25) is 11.8 Å². The van der Waals surface area contributed by atoms with Crippen molar-refractivity contribution < 1.29 is 14.0 Å². The molecule has 2 atom stereocenters. The number of anilines is 1. The first kappa shape index (κ1) is 18.3. The monoisotopic (exact) mass is 404 g/mol. The second-order valence-corrected chi connectivity index (χ2v) is 8.34. The van der Waals surface area contributed by atoms with Crippen LogP contribution in [0, 0.1) is 11.7 Å². The molecule has 4 rings (SSSR count). The van der Waals surface area contributed by atoms with Gasteiger partial charge in [-0.2, -0.15) is 0 Å². The molecular formula is C20H18ClFN2O2S. The number of halogens is 2. The fraction of sp³-hybridized carbons (Fsp3) is 0.300. The zero-order valence-corrected chi connectivity index (χ0v) is 16.0. The number of amides is 2. The van der Waals surface area contributed by atoms with Gasteiger partial charge in [0.1, 0.15) is 5.82 Å². The van der Waals surface area contributed by atoms with Crippen molar-refractivity contribution >= 4 is 40.9 Å². The van der Waals surface area contributed by atoms with Crippen LogP contribution < -0.4 is 10.2 Å². The van der Waals surface area contributed by atoms with Crippen molar-refractivity contribution in [1.82, 2.24) is 5.32 Å². The summed E-state index contributed by atoms with van der Waals surface area (Å²) in [7, 11) is 0. The van der Waals surface area contributed by atoms with Crippen molar-refractivity contribution in [1.29, 1.82) is 0 Å². The maximum absolute atomic E-state index is 13.6. The van der Waals surface area contributed by atoms with Gasteiger partial charge >= 0.3 is 0 Å². The molecule has 4 nitrogen and oxygen atoms in total. The van der Waals surface area contributed by atoms with Crippen LogP contribution in [0.25, 0.3) is 0 Å². The molecule has 0 saturated carbocycles. The Balaban J connectivity index is 1.47. The third kappa shape index (κ3) is 3.82. The number of hydrogen-bond donors (Lipinski definition) is 1. The molecule has 0 aliphatic carbocycles. The predicted octanol–water partition coefficient (Wildman–Crippen LogP) is 4.19. The van der Waals surface area contributed by atoms with Gasteiger partial charge in [0.15, 0.2) is 0 Å². The van der Waals surface area contributed by atoms with Crippen molar-refractivity contribution in [2.24, 2.45) is 5.92 Å². The van der Waals surface area contributed by atoms with Gasteiger partial charge in [0.25, 0.3) is 0 Å². The second kappa shape index (κ2) is 7.52. The lowest BCUT2D eigenvalue weighted by Crippen LogP contribution is -2.36. The standard InChI is InChI=1S/C20H18ClFN2O2S/c21-13-2-1-3-15(9-13)24-11-12(8-19(24)25)20(26)23-17-6-7-27-18-5-4-14(22)10-16(17)18/h1-5,9-10,12,17H,6-8,11H2,(H,23,26). The summed E-state index contributed by atoms with van der Waals surface area (Å²) in [5.41, 5.74) is 1.51. The normalized spacial score (nSPS) is 21.9. The van der Waals surface area contributed by atoms with E-state index in [9.17, 15) is 14.0 Å². The van der Waals surface area contributed by atoms with Gasteiger partial charge in [-0.15, -0.1) is 11.8 Å². The lowest BCUT2D eigenvalue weighted by Gasteiger charge is -2.27. The molecule has 2 heterocycles. The molecule has 0 radical (unpaired) electrons. The first-order valence-electron chi connectivity index (χ1n) is 8.80. The van der Waals surface area contributed by atoms with Crippen LogP contribution in [-0.4, -0.2) is 24.1 Å². The predicted molar refractivity (Wildman–Crippen MR) is 105 cm³/mol. The fourth-order valence-electron chi connectivity index (χ4n) is 3.58. The van der Waals surface area contributed by atoms with Crippen molar-refractivity contribution in [3.05, 3.63) is 58.9 Å². The summed E-state index contributed by atoms with van der Waals surface area (Å²) in [5, 5.41) is 3.57. The molecular weight excluding hydrogens is 387 g/mol. The van der Waals surface area contributed by atoms with E-state index in [2.05, 4.69) is 5.32 Å². The zero-order valence-electron chi connectivity index (χ0n) is 14.5. The van der Waals surface area contributed by atoms with Crippen molar-refractivity contribution in [3.8, 4) is 0 Å². The van der Waals surface area contributed by atoms with Gasteiger partial charge in [-0.1, -0.05) is 17.7 Å². The third-order valence-electron chi connectivity index (χ3n) is 4.94. The number of fused-ring (bicyclic) bond motifs is 1. The van der Waals surface area contributed by atoms with Gasteiger partial charge in [-0.25, -0.2) is 4.39 Å². The van der Waals surface area contributed by atoms with Crippen LogP contribution in [0.1, 0.15) is 24.4 Å². The van der Waals surface area contributed by atoms with Crippen LogP contribution in [0.4, 0.5) is 10.1 Å². The minimum absolute atomic E-state index is 0.0944. The zero-order chi connectivity index (χ0) is 19.0. The quantitative estimate of drug-likeness (QED) is 0.834. The summed E-state index contributed by atoms with van der Waals surface area (Å²) in [4.78, 5) is 27.8. The Hall–Kier alpha value is -2.05. The molecule has 2 aliphatic rings. The number of thioether (sulfide) groups is 1. The number of hydrogen-bond acceptors (Lipinski definition) is 3. The molecule has 7 heteroatoms. The summed E-state index contributed by atoms with van der Waals surface area (Å²) in [6.07, 6.45) is 0.904. The number of benzene rings is 2. The molecule has 1 saturated heterocycles. The van der Waals surface area contributed by atoms with Gasteiger partial charge < -0.3 is 10.2 Å². The van der Waals surface area contributed by atoms with Crippen LogP contribution >= 0.6 is 23.4 Å². The third-order valence-corrected chi connectivity index (χ3v) is 6.30. The minimum Gasteiger partial charge on any atom is -0.349 e. The van der Waals surface area contributed by atoms with Crippen LogP contribution in [0.5, 0.6) is 0 Å². The second-order valence-electron chi connectivity index (χ2n) is 6.77. The van der Waals surface area contributed by atoms with Crippen molar-refractivity contribution in [3.63, 3.8) is 0 Å². The number of nitrogens with one attached hydrogen (secondary N) is 1. The van der Waals surface area contributed by atoms with E-state index in [-0.39, 0.29) is 30.1 Å². The Morgan fingerprint density at radius 3 is 2.93 bits per heavy atom. The van der Waals surface area contributed by atoms with Crippen LogP contribution in [0.2, 0.25) is 5.02 Å². The van der Waals surface area contributed by atoms with E-state index in [4.69, 9.17) is 11.6 Å². The molecule has 1 N–H and O–H groups in total. The van der Waals surface area contributed by atoms with Gasteiger partial charge in [0, 0.05) is 34.3 Å². The smallest absolute Gasteiger partial charge is 0.227 e. The van der Waals surface area contributed by atoms with E-state index < -0.39 is 5.92 Å². The summed E-state index contributed by atoms with van der Waals surface area (Å²) in [6, 6.07) is 11.5. The molecule has 0 aromatic heterocycles. The maximum atomic E-state index is 13.6. The van der Waals surface area contributed by atoms with Crippen LogP contribution in [0.15, 0.2) is 47.4 Å². The van der Waals surface area contributed by atoms with E-state index in [1.807, 2.05) is 0 Å². The molecule has 2 amide bonds. The lowest BCUT2D eigenvalue weighted by molar-refractivity contribution is -0.127. The van der Waals surface area contributed by atoms with E-state index in [0.717, 1.165) is 22.6 Å². The Morgan fingerprint density at radius 2 is 2.11 bits per heavy atom. The first-order chi connectivity index (χ1) is 13.0. The highest BCUT2D eigenvalue weighted by Crippen LogP contribution is 2.37. The van der Waals surface area contributed by atoms with E-state index in [1.165, 1.54) is 12.1 Å². The highest BCUT2D eigenvalue weighted by atomic mass is 35.5. The summed E-state index contributed by atoms with van der Waals surface area (Å²) in [5.74, 6) is -0.133. The van der Waals surface area contributed by atoms with E-state index >= 15 is 0 Å². The van der Waals surface area contributed by atoms with Crippen molar-refractivity contribution in [2.45, 2.75) is 23.8 Å². The summed E-state index contributed by atoms with van der Waals surface area (Å²) in [6.45, 7) is 0.322. The Labute approximate surface area is 166 Å². The largest absolute Gasteiger partial charge is 0.349 e. The highest BCUT2D eigenvalue weighted by Gasteiger charge is 2.36. The minimum atomic E-state index is -0.428. The van der Waals surface area contributed by atoms with Gasteiger partial charge in [0.05, 0.1) is 12.0 Å². The molecule has 0 bridgehead atoms. The average Bonchev–Trinajstić information content (AvgIpc) is 3.04. The topological polar surface area (TPSA) is 49.4 Å². The van der Waals surface area contributed by atoms with Gasteiger partial charge in [-0.3, -0.25) is 9.59 Å². The molecule has 2 aromatic rings. The number of carbonyl (C=O) groups excluding carboxylic acids is 2. The Bertz CT molecular complexity index is 907. The molecule has 2 aromatic carbocycles. The lowest BCUT2D eigenvalue weighted by atomic mass is 10.0. The molecule has 0 spiro atoms. The molecule has 27 heavy (non-hydrogen) atoms. The highest BCUT2D eigenvalue weighted by molar-refractivity contribution is 7.99.